The first-order valence-electron chi connectivity index (χ1n) is 9.12. The molecule has 150 valence electrons. The zero-order valence-corrected chi connectivity index (χ0v) is 17.4. The molecule has 0 aromatic heterocycles. The molecule has 0 saturated heterocycles. The lowest BCUT2D eigenvalue weighted by molar-refractivity contribution is -0.116. The van der Waals surface area contributed by atoms with Crippen molar-refractivity contribution in [3.63, 3.8) is 0 Å². The molecular formula is C21H26N2O4S. The molecule has 0 spiro atoms. The fourth-order valence-corrected chi connectivity index (χ4v) is 3.83. The van der Waals surface area contributed by atoms with E-state index in [0.29, 0.717) is 5.56 Å². The minimum atomic E-state index is -3.74. The smallest absolute Gasteiger partial charge is 0.240 e. The van der Waals surface area contributed by atoms with Crippen molar-refractivity contribution in [3.8, 4) is 0 Å². The molecule has 1 amide bonds. The third-order valence-electron chi connectivity index (χ3n) is 4.41. The Morgan fingerprint density at radius 3 is 2.25 bits per heavy atom. The highest BCUT2D eigenvalue weighted by atomic mass is 32.2. The fraction of sp³-hybridized carbons (Fsp3) is 0.333. The van der Waals surface area contributed by atoms with E-state index in [1.54, 1.807) is 0 Å². The first kappa shape index (κ1) is 21.8. The number of hydrogen-bond donors (Lipinski definition) is 2. The van der Waals surface area contributed by atoms with E-state index in [1.165, 1.54) is 31.2 Å². The number of carbonyl (C=O) groups is 2. The van der Waals surface area contributed by atoms with Crippen LogP contribution in [0.15, 0.2) is 47.4 Å². The molecule has 0 aliphatic carbocycles. The molecular weight excluding hydrogens is 376 g/mol. The number of para-hydroxylation sites is 1. The zero-order valence-electron chi connectivity index (χ0n) is 16.6. The summed E-state index contributed by atoms with van der Waals surface area (Å²) in [4.78, 5) is 23.6. The summed E-state index contributed by atoms with van der Waals surface area (Å²) < 4.78 is 27.1. The summed E-state index contributed by atoms with van der Waals surface area (Å²) >= 11 is 0. The molecule has 0 heterocycles. The predicted octanol–water partition coefficient (Wildman–Crippen LogP) is 3.63. The SMILES string of the molecule is CC(=O)c1ccc(S(=O)(=O)NCCC(=O)Nc2c(C)cccc2C(C)C)cc1. The molecule has 2 N–H and O–H groups in total. The van der Waals surface area contributed by atoms with Gasteiger partial charge in [-0.1, -0.05) is 44.2 Å². The van der Waals surface area contributed by atoms with Crippen molar-refractivity contribution >= 4 is 27.4 Å². The van der Waals surface area contributed by atoms with Crippen molar-refractivity contribution in [1.29, 1.82) is 0 Å². The van der Waals surface area contributed by atoms with Crippen LogP contribution < -0.4 is 10.0 Å². The fourth-order valence-electron chi connectivity index (χ4n) is 2.80. The lowest BCUT2D eigenvalue weighted by Crippen LogP contribution is -2.28. The van der Waals surface area contributed by atoms with Crippen molar-refractivity contribution in [2.24, 2.45) is 0 Å². The van der Waals surface area contributed by atoms with Crippen LogP contribution in [0.1, 0.15) is 54.6 Å². The van der Waals surface area contributed by atoms with E-state index in [2.05, 4.69) is 23.9 Å². The van der Waals surface area contributed by atoms with Gasteiger partial charge in [-0.15, -0.1) is 0 Å². The summed E-state index contributed by atoms with van der Waals surface area (Å²) in [5.74, 6) is -0.136. The third kappa shape index (κ3) is 5.50. The highest BCUT2D eigenvalue weighted by Gasteiger charge is 2.16. The average molecular weight is 403 g/mol. The number of amides is 1. The van der Waals surface area contributed by atoms with Crippen molar-refractivity contribution in [1.82, 2.24) is 4.72 Å². The monoisotopic (exact) mass is 402 g/mol. The lowest BCUT2D eigenvalue weighted by atomic mass is 9.98. The molecule has 6 nitrogen and oxygen atoms in total. The molecule has 2 rings (SSSR count). The Labute approximate surface area is 166 Å². The number of sulfonamides is 1. The Morgan fingerprint density at radius 1 is 1.04 bits per heavy atom. The van der Waals surface area contributed by atoms with E-state index in [1.807, 2.05) is 25.1 Å². The Morgan fingerprint density at radius 2 is 1.68 bits per heavy atom. The Hall–Kier alpha value is -2.51. The minimum absolute atomic E-state index is 0.0105. The maximum Gasteiger partial charge on any atom is 0.240 e. The van der Waals surface area contributed by atoms with Gasteiger partial charge in [0.15, 0.2) is 5.78 Å². The second-order valence-corrected chi connectivity index (χ2v) is 8.74. The van der Waals surface area contributed by atoms with E-state index in [4.69, 9.17) is 0 Å². The molecule has 0 fully saturated rings. The minimum Gasteiger partial charge on any atom is -0.326 e. The topological polar surface area (TPSA) is 92.3 Å². The van der Waals surface area contributed by atoms with Crippen LogP contribution in [0.4, 0.5) is 5.69 Å². The number of Topliss-reactive ketones (excluding diaryl/α,β-unsaturated/α-hetero) is 1. The Kier molecular flexibility index (Phi) is 7.10. The van der Waals surface area contributed by atoms with E-state index in [-0.39, 0.29) is 35.5 Å². The van der Waals surface area contributed by atoms with Crippen LogP contribution >= 0.6 is 0 Å². The van der Waals surface area contributed by atoms with E-state index in [9.17, 15) is 18.0 Å². The zero-order chi connectivity index (χ0) is 20.9. The van der Waals surface area contributed by atoms with Crippen molar-refractivity contribution in [2.45, 2.75) is 44.9 Å². The molecule has 28 heavy (non-hydrogen) atoms. The van der Waals surface area contributed by atoms with Gasteiger partial charge in [-0.25, -0.2) is 13.1 Å². The number of carbonyl (C=O) groups excluding carboxylic acids is 2. The van der Waals surface area contributed by atoms with E-state index >= 15 is 0 Å². The number of hydrogen-bond acceptors (Lipinski definition) is 4. The molecule has 2 aromatic carbocycles. The quantitative estimate of drug-likeness (QED) is 0.660. The van der Waals surface area contributed by atoms with Gasteiger partial charge >= 0.3 is 0 Å². The van der Waals surface area contributed by atoms with Gasteiger partial charge in [-0.2, -0.15) is 0 Å². The van der Waals surface area contributed by atoms with Gasteiger partial charge < -0.3 is 5.32 Å². The molecule has 0 atom stereocenters. The first-order valence-corrected chi connectivity index (χ1v) is 10.6. The van der Waals surface area contributed by atoms with Crippen molar-refractivity contribution in [3.05, 3.63) is 59.2 Å². The summed E-state index contributed by atoms with van der Waals surface area (Å²) in [7, 11) is -3.74. The number of nitrogens with one attached hydrogen (secondary N) is 2. The van der Waals surface area contributed by atoms with Gasteiger partial charge in [-0.05, 0) is 43.0 Å². The number of anilines is 1. The Balaban J connectivity index is 1.97. The number of aryl methyl sites for hydroxylation is 1. The summed E-state index contributed by atoms with van der Waals surface area (Å²) in [6, 6.07) is 11.5. The van der Waals surface area contributed by atoms with Crippen molar-refractivity contribution < 1.29 is 18.0 Å². The van der Waals surface area contributed by atoms with Gasteiger partial charge in [0, 0.05) is 24.2 Å². The third-order valence-corrected chi connectivity index (χ3v) is 5.88. The number of ketones is 1. The van der Waals surface area contributed by atoms with Gasteiger partial charge in [0.1, 0.15) is 0 Å². The van der Waals surface area contributed by atoms with Gasteiger partial charge in [0.05, 0.1) is 4.90 Å². The maximum absolute atomic E-state index is 12.3. The first-order chi connectivity index (χ1) is 13.1. The van der Waals surface area contributed by atoms with Crippen LogP contribution in [0.5, 0.6) is 0 Å². The van der Waals surface area contributed by atoms with E-state index in [0.717, 1.165) is 16.8 Å². The van der Waals surface area contributed by atoms with Crippen LogP contribution in [0, 0.1) is 6.92 Å². The molecule has 0 radical (unpaired) electrons. The predicted molar refractivity (Wildman–Crippen MR) is 110 cm³/mol. The number of benzene rings is 2. The highest BCUT2D eigenvalue weighted by molar-refractivity contribution is 7.89. The number of rotatable bonds is 8. The molecule has 0 aliphatic rings. The van der Waals surface area contributed by atoms with Crippen molar-refractivity contribution in [2.75, 3.05) is 11.9 Å². The summed E-state index contributed by atoms with van der Waals surface area (Å²) in [5, 5.41) is 2.89. The highest BCUT2D eigenvalue weighted by Crippen LogP contribution is 2.27. The molecule has 0 saturated carbocycles. The van der Waals surface area contributed by atoms with Gasteiger partial charge in [-0.3, -0.25) is 9.59 Å². The van der Waals surface area contributed by atoms with Crippen LogP contribution in [0.25, 0.3) is 0 Å². The summed E-state index contributed by atoms with van der Waals surface area (Å²) in [6.45, 7) is 7.42. The second kappa shape index (κ2) is 9.12. The largest absolute Gasteiger partial charge is 0.326 e. The second-order valence-electron chi connectivity index (χ2n) is 6.97. The summed E-state index contributed by atoms with van der Waals surface area (Å²) in [6.07, 6.45) is 0.0105. The lowest BCUT2D eigenvalue weighted by Gasteiger charge is -2.16. The van der Waals surface area contributed by atoms with Crippen LogP contribution in [-0.2, 0) is 14.8 Å². The molecule has 7 heteroatoms. The Bertz CT molecular complexity index is 964. The van der Waals surface area contributed by atoms with Crippen LogP contribution in [0.3, 0.4) is 0 Å². The van der Waals surface area contributed by atoms with Crippen LogP contribution in [0.2, 0.25) is 0 Å². The molecule has 0 bridgehead atoms. The average Bonchev–Trinajstić information content (AvgIpc) is 2.63. The molecule has 2 aromatic rings. The normalized spacial score (nSPS) is 11.5. The maximum atomic E-state index is 12.3. The van der Waals surface area contributed by atoms with Gasteiger partial charge in [0.25, 0.3) is 0 Å². The van der Waals surface area contributed by atoms with Gasteiger partial charge in [0.2, 0.25) is 15.9 Å². The van der Waals surface area contributed by atoms with Crippen LogP contribution in [-0.4, -0.2) is 26.7 Å². The summed E-state index contributed by atoms with van der Waals surface area (Å²) in [5.41, 5.74) is 3.23. The molecule has 0 unspecified atom stereocenters. The van der Waals surface area contributed by atoms with E-state index < -0.39 is 10.0 Å². The molecule has 0 aliphatic heterocycles. The standard InChI is InChI=1S/C21H26N2O4S/c1-14(2)19-7-5-6-15(3)21(19)23-20(25)12-13-22-28(26,27)18-10-8-17(9-11-18)16(4)24/h5-11,14,22H,12-13H2,1-4H3,(H,23,25).